The summed E-state index contributed by atoms with van der Waals surface area (Å²) in [6.45, 7) is 3.61. The number of ether oxygens (including phenoxy) is 3. The number of halogens is 1. The SMILES string of the molecule is C[C@H]1CN([C@@H](C)CO)C(=O)c2cccc(NS(=O)(=O)c3ccc(F)cc3)c2O[C@H]1CN(C)C(=O)Nc1ccc2c(c1)OCO2. The number of aliphatic hydroxyl groups is 1. The largest absolute Gasteiger partial charge is 0.485 e. The van der Waals surface area contributed by atoms with Crippen LogP contribution in [0.4, 0.5) is 20.6 Å². The minimum atomic E-state index is -4.20. The van der Waals surface area contributed by atoms with Crippen molar-refractivity contribution in [2.45, 2.75) is 30.9 Å². The van der Waals surface area contributed by atoms with Crippen molar-refractivity contribution in [1.82, 2.24) is 9.80 Å². The number of carbonyl (C=O) groups is 2. The zero-order valence-corrected chi connectivity index (χ0v) is 25.1. The molecule has 44 heavy (non-hydrogen) atoms. The summed E-state index contributed by atoms with van der Waals surface area (Å²) in [5, 5.41) is 12.7. The van der Waals surface area contributed by atoms with Gasteiger partial charge in [-0.2, -0.15) is 0 Å². The lowest BCUT2D eigenvalue weighted by Gasteiger charge is -2.38. The lowest BCUT2D eigenvalue weighted by Crippen LogP contribution is -2.50. The third-order valence-electron chi connectivity index (χ3n) is 7.48. The molecule has 3 aromatic carbocycles. The van der Waals surface area contributed by atoms with E-state index in [1.165, 1.54) is 28.0 Å². The Balaban J connectivity index is 1.44. The molecule has 3 atom stereocenters. The number of hydrogen-bond donors (Lipinski definition) is 3. The molecule has 0 bridgehead atoms. The van der Waals surface area contributed by atoms with Crippen molar-refractivity contribution in [2.24, 2.45) is 5.92 Å². The molecule has 0 aliphatic carbocycles. The van der Waals surface area contributed by atoms with Gasteiger partial charge in [-0.05, 0) is 55.5 Å². The first-order valence-electron chi connectivity index (χ1n) is 13.9. The van der Waals surface area contributed by atoms with Crippen LogP contribution >= 0.6 is 0 Å². The summed E-state index contributed by atoms with van der Waals surface area (Å²) in [6, 6.07) is 12.8. The van der Waals surface area contributed by atoms with Gasteiger partial charge in [0.05, 0.1) is 35.3 Å². The van der Waals surface area contributed by atoms with Crippen molar-refractivity contribution in [2.75, 3.05) is 43.6 Å². The van der Waals surface area contributed by atoms with Crippen LogP contribution in [-0.4, -0.2) is 80.9 Å². The molecule has 12 nitrogen and oxygen atoms in total. The average molecular weight is 629 g/mol. The van der Waals surface area contributed by atoms with E-state index in [1.807, 2.05) is 6.92 Å². The molecule has 0 saturated heterocycles. The Kier molecular flexibility index (Phi) is 8.83. The van der Waals surface area contributed by atoms with Gasteiger partial charge in [-0.1, -0.05) is 13.0 Å². The molecule has 2 heterocycles. The van der Waals surface area contributed by atoms with Gasteiger partial charge in [0.15, 0.2) is 17.2 Å². The number of likely N-dealkylation sites (N-methyl/N-ethyl adjacent to an activating group) is 1. The predicted molar refractivity (Wildman–Crippen MR) is 159 cm³/mol. The normalized spacial score (nSPS) is 18.4. The summed E-state index contributed by atoms with van der Waals surface area (Å²) >= 11 is 0. The smallest absolute Gasteiger partial charge is 0.321 e. The molecule has 0 saturated carbocycles. The van der Waals surface area contributed by atoms with E-state index in [1.54, 1.807) is 32.2 Å². The second-order valence-corrected chi connectivity index (χ2v) is 12.4. The van der Waals surface area contributed by atoms with Crippen molar-refractivity contribution in [1.29, 1.82) is 0 Å². The third-order valence-corrected chi connectivity index (χ3v) is 8.87. The van der Waals surface area contributed by atoms with Gasteiger partial charge in [0, 0.05) is 31.3 Å². The maximum Gasteiger partial charge on any atom is 0.321 e. The average Bonchev–Trinajstić information content (AvgIpc) is 3.47. The maximum atomic E-state index is 13.7. The molecule has 0 unspecified atom stereocenters. The van der Waals surface area contributed by atoms with Crippen molar-refractivity contribution in [3.8, 4) is 17.2 Å². The Morgan fingerprint density at radius 3 is 2.59 bits per heavy atom. The highest BCUT2D eigenvalue weighted by atomic mass is 32.2. The summed E-state index contributed by atoms with van der Waals surface area (Å²) in [4.78, 5) is 29.6. The molecular formula is C30H33FN4O8S. The highest BCUT2D eigenvalue weighted by Gasteiger charge is 2.35. The molecule has 2 aliphatic rings. The highest BCUT2D eigenvalue weighted by molar-refractivity contribution is 7.92. The topological polar surface area (TPSA) is 147 Å². The fourth-order valence-corrected chi connectivity index (χ4v) is 5.97. The van der Waals surface area contributed by atoms with E-state index in [4.69, 9.17) is 14.2 Å². The van der Waals surface area contributed by atoms with Crippen LogP contribution in [0.1, 0.15) is 24.2 Å². The number of para-hydroxylation sites is 1. The number of carbonyl (C=O) groups excluding carboxylic acids is 2. The summed E-state index contributed by atoms with van der Waals surface area (Å²) in [5.41, 5.74) is 0.561. The van der Waals surface area contributed by atoms with Crippen molar-refractivity contribution in [3.05, 3.63) is 72.0 Å². The Hall–Kier alpha value is -4.56. The molecule has 0 aromatic heterocycles. The van der Waals surface area contributed by atoms with Gasteiger partial charge in [0.1, 0.15) is 11.9 Å². The molecule has 3 aromatic rings. The van der Waals surface area contributed by atoms with Crippen LogP contribution in [-0.2, 0) is 10.0 Å². The Labute approximate surface area is 254 Å². The summed E-state index contributed by atoms with van der Waals surface area (Å²) in [7, 11) is -2.61. The number of hydrogen-bond acceptors (Lipinski definition) is 8. The molecular weight excluding hydrogens is 595 g/mol. The molecule has 14 heteroatoms. The van der Waals surface area contributed by atoms with Gasteiger partial charge in [-0.25, -0.2) is 17.6 Å². The van der Waals surface area contributed by atoms with E-state index in [0.717, 1.165) is 24.3 Å². The fourth-order valence-electron chi connectivity index (χ4n) is 4.91. The highest BCUT2D eigenvalue weighted by Crippen LogP contribution is 2.37. The van der Waals surface area contributed by atoms with Crippen LogP contribution in [0.15, 0.2) is 65.6 Å². The molecule has 0 radical (unpaired) electrons. The summed E-state index contributed by atoms with van der Waals surface area (Å²) < 4.78 is 59.4. The minimum absolute atomic E-state index is 0.0108. The van der Waals surface area contributed by atoms with Crippen molar-refractivity contribution in [3.63, 3.8) is 0 Å². The van der Waals surface area contributed by atoms with Gasteiger partial charge in [-0.3, -0.25) is 9.52 Å². The van der Waals surface area contributed by atoms with Crippen LogP contribution in [0.3, 0.4) is 0 Å². The lowest BCUT2D eigenvalue weighted by atomic mass is 9.99. The minimum Gasteiger partial charge on any atom is -0.485 e. The first-order chi connectivity index (χ1) is 21.0. The van der Waals surface area contributed by atoms with Gasteiger partial charge < -0.3 is 34.4 Å². The number of nitrogens with zero attached hydrogens (tertiary/aromatic N) is 2. The maximum absolute atomic E-state index is 13.7. The fraction of sp³-hybridized carbons (Fsp3) is 0.333. The molecule has 3 amide bonds. The van der Waals surface area contributed by atoms with Crippen molar-refractivity contribution >= 4 is 33.3 Å². The van der Waals surface area contributed by atoms with Gasteiger partial charge in [0.2, 0.25) is 6.79 Å². The molecule has 234 valence electrons. The van der Waals surface area contributed by atoms with E-state index in [9.17, 15) is 27.5 Å². The summed E-state index contributed by atoms with van der Waals surface area (Å²) in [6.07, 6.45) is -0.709. The predicted octanol–water partition coefficient (Wildman–Crippen LogP) is 3.74. The monoisotopic (exact) mass is 628 g/mol. The number of rotatable bonds is 8. The number of nitrogens with one attached hydrogen (secondary N) is 2. The summed E-state index contributed by atoms with van der Waals surface area (Å²) in [5.74, 6) is -0.345. The molecule has 3 N–H and O–H groups in total. The van der Waals surface area contributed by atoms with Crippen LogP contribution in [0.25, 0.3) is 0 Å². The van der Waals surface area contributed by atoms with E-state index >= 15 is 0 Å². The van der Waals surface area contributed by atoms with Gasteiger partial charge in [0.25, 0.3) is 15.9 Å². The van der Waals surface area contributed by atoms with E-state index < -0.39 is 39.9 Å². The zero-order valence-electron chi connectivity index (χ0n) is 24.3. The number of fused-ring (bicyclic) bond motifs is 2. The molecule has 0 fully saturated rings. The van der Waals surface area contributed by atoms with Gasteiger partial charge in [-0.15, -0.1) is 0 Å². The number of urea groups is 1. The number of anilines is 2. The third kappa shape index (κ3) is 6.50. The van der Waals surface area contributed by atoms with Crippen LogP contribution < -0.4 is 24.2 Å². The Morgan fingerprint density at radius 1 is 1.14 bits per heavy atom. The number of amides is 3. The zero-order chi connectivity index (χ0) is 31.6. The number of sulfonamides is 1. The number of aliphatic hydroxyl groups excluding tert-OH is 1. The lowest BCUT2D eigenvalue weighted by molar-refractivity contribution is 0.0373. The van der Waals surface area contributed by atoms with Crippen LogP contribution in [0.2, 0.25) is 0 Å². The Morgan fingerprint density at radius 2 is 1.86 bits per heavy atom. The molecule has 2 aliphatic heterocycles. The van der Waals surface area contributed by atoms with Crippen molar-refractivity contribution < 1.29 is 41.7 Å². The van der Waals surface area contributed by atoms with Gasteiger partial charge >= 0.3 is 6.03 Å². The molecule has 0 spiro atoms. The first-order valence-corrected chi connectivity index (χ1v) is 15.4. The number of benzene rings is 3. The van der Waals surface area contributed by atoms with E-state index in [0.29, 0.717) is 17.2 Å². The second kappa shape index (κ2) is 12.6. The standard InChI is InChI=1S/C30H33FN4O8S/c1-18-14-35(19(2)16-36)29(37)23-5-4-6-24(33-44(39,40)22-10-7-20(31)8-11-22)28(23)43-27(18)15-34(3)30(38)32-21-9-12-25-26(13-21)42-17-41-25/h4-13,18-19,27,33,36H,14-17H2,1-3H3,(H,32,38)/t18-,19-,27-/m0/s1. The van der Waals surface area contributed by atoms with E-state index in [-0.39, 0.29) is 54.3 Å². The van der Waals surface area contributed by atoms with E-state index in [2.05, 4.69) is 10.0 Å². The molecule has 5 rings (SSSR count). The second-order valence-electron chi connectivity index (χ2n) is 10.7. The first kappa shape index (κ1) is 30.9. The Bertz CT molecular complexity index is 1650. The van der Waals surface area contributed by atoms with Crippen LogP contribution in [0.5, 0.6) is 17.2 Å². The van der Waals surface area contributed by atoms with Crippen LogP contribution in [0, 0.1) is 11.7 Å². The quantitative estimate of drug-likeness (QED) is 0.342.